The molecule has 0 aromatic heterocycles. The van der Waals surface area contributed by atoms with Crippen molar-refractivity contribution in [1.29, 1.82) is 0 Å². The van der Waals surface area contributed by atoms with Gasteiger partial charge in [-0.25, -0.2) is 0 Å². The van der Waals surface area contributed by atoms with E-state index in [2.05, 4.69) is 20.9 Å². The fourth-order valence-corrected chi connectivity index (χ4v) is 2.30. The molecular weight excluding hydrogens is 338 g/mol. The van der Waals surface area contributed by atoms with Gasteiger partial charge in [0.15, 0.2) is 0 Å². The summed E-state index contributed by atoms with van der Waals surface area (Å²) in [4.78, 5) is 4.32. The van der Waals surface area contributed by atoms with Gasteiger partial charge in [0.25, 0.3) is 0 Å². The first kappa shape index (κ1) is 14.8. The molecule has 2 rings (SSSR count). The van der Waals surface area contributed by atoms with Crippen LogP contribution in [0.25, 0.3) is 6.08 Å². The Morgan fingerprint density at radius 1 is 1.20 bits per heavy atom. The number of aliphatic imine (C=N–C) groups is 1. The van der Waals surface area contributed by atoms with Gasteiger partial charge in [0.05, 0.1) is 17.8 Å². The van der Waals surface area contributed by atoms with Crippen LogP contribution < -0.4 is 4.74 Å². The minimum absolute atomic E-state index is 0.554. The van der Waals surface area contributed by atoms with Gasteiger partial charge in [-0.2, -0.15) is 0 Å². The first-order valence-corrected chi connectivity index (χ1v) is 7.16. The van der Waals surface area contributed by atoms with E-state index in [1.54, 1.807) is 25.5 Å². The van der Waals surface area contributed by atoms with Crippen molar-refractivity contribution >= 4 is 45.5 Å². The molecule has 4 heteroatoms. The first-order valence-electron chi connectivity index (χ1n) is 5.99. The molecule has 2 nitrogen and oxygen atoms in total. The molecule has 2 aromatic carbocycles. The lowest BCUT2D eigenvalue weighted by molar-refractivity contribution is 0.415. The zero-order valence-electron chi connectivity index (χ0n) is 10.9. The molecule has 0 amide bonds. The highest BCUT2D eigenvalue weighted by Crippen LogP contribution is 2.28. The minimum Gasteiger partial charge on any atom is -0.495 e. The fourth-order valence-electron chi connectivity index (χ4n) is 1.63. The van der Waals surface area contributed by atoms with Crippen LogP contribution in [0.4, 0.5) is 5.69 Å². The van der Waals surface area contributed by atoms with Gasteiger partial charge in [-0.1, -0.05) is 45.7 Å². The second-order valence-corrected chi connectivity index (χ2v) is 5.33. The third-order valence-corrected chi connectivity index (χ3v) is 3.37. The topological polar surface area (TPSA) is 21.6 Å². The fraction of sp³-hybridized carbons (Fsp3) is 0.0625. The molecule has 102 valence electrons. The number of benzene rings is 2. The van der Waals surface area contributed by atoms with Crippen molar-refractivity contribution in [2.75, 3.05) is 7.11 Å². The number of ether oxygens (including phenoxy) is 1. The van der Waals surface area contributed by atoms with Crippen LogP contribution in [0.1, 0.15) is 5.56 Å². The lowest BCUT2D eigenvalue weighted by Gasteiger charge is -2.02. The van der Waals surface area contributed by atoms with Crippen LogP contribution in [0.15, 0.2) is 58.0 Å². The second kappa shape index (κ2) is 7.27. The Morgan fingerprint density at radius 3 is 2.75 bits per heavy atom. The van der Waals surface area contributed by atoms with E-state index in [4.69, 9.17) is 16.3 Å². The summed E-state index contributed by atoms with van der Waals surface area (Å²) in [7, 11) is 1.59. The maximum atomic E-state index is 6.03. The molecule has 0 N–H and O–H groups in total. The third-order valence-electron chi connectivity index (χ3n) is 2.58. The van der Waals surface area contributed by atoms with Gasteiger partial charge in [-0.3, -0.25) is 4.99 Å². The van der Waals surface area contributed by atoms with E-state index < -0.39 is 0 Å². The number of allylic oxidation sites excluding steroid dienone is 1. The molecule has 0 fully saturated rings. The molecule has 0 unspecified atom stereocenters. The largest absolute Gasteiger partial charge is 0.495 e. The number of halogens is 2. The molecule has 0 spiro atoms. The predicted molar refractivity (Wildman–Crippen MR) is 89.3 cm³/mol. The summed E-state index contributed by atoms with van der Waals surface area (Å²) in [5.74, 6) is 0.648. The number of hydrogen-bond donors (Lipinski definition) is 0. The van der Waals surface area contributed by atoms with E-state index in [1.165, 1.54) is 0 Å². The summed E-state index contributed by atoms with van der Waals surface area (Å²) < 4.78 is 6.15. The lowest BCUT2D eigenvalue weighted by atomic mass is 10.2. The van der Waals surface area contributed by atoms with Crippen molar-refractivity contribution in [2.24, 2.45) is 4.99 Å². The smallest absolute Gasteiger partial charge is 0.137 e. The van der Waals surface area contributed by atoms with Gasteiger partial charge in [0, 0.05) is 10.7 Å². The number of methoxy groups -OCH3 is 1. The Labute approximate surface area is 131 Å². The quantitative estimate of drug-likeness (QED) is 0.665. The van der Waals surface area contributed by atoms with Gasteiger partial charge in [-0.05, 0) is 42.0 Å². The molecule has 2 aromatic rings. The van der Waals surface area contributed by atoms with E-state index in [1.807, 2.05) is 42.5 Å². The van der Waals surface area contributed by atoms with E-state index in [-0.39, 0.29) is 0 Å². The second-order valence-electron chi connectivity index (χ2n) is 4.01. The van der Waals surface area contributed by atoms with Gasteiger partial charge in [0.1, 0.15) is 5.75 Å². The molecule has 0 aliphatic rings. The van der Waals surface area contributed by atoms with E-state index >= 15 is 0 Å². The van der Waals surface area contributed by atoms with Crippen molar-refractivity contribution in [1.82, 2.24) is 0 Å². The van der Waals surface area contributed by atoms with E-state index in [9.17, 15) is 0 Å². The molecule has 0 aliphatic carbocycles. The van der Waals surface area contributed by atoms with Crippen molar-refractivity contribution in [3.8, 4) is 5.75 Å². The van der Waals surface area contributed by atoms with Gasteiger partial charge in [0.2, 0.25) is 0 Å². The third kappa shape index (κ3) is 4.22. The first-order chi connectivity index (χ1) is 9.69. The van der Waals surface area contributed by atoms with Crippen molar-refractivity contribution < 1.29 is 4.74 Å². The van der Waals surface area contributed by atoms with Crippen LogP contribution in [0.3, 0.4) is 0 Å². The highest BCUT2D eigenvalue weighted by Gasteiger charge is 1.99. The molecule has 0 saturated heterocycles. The highest BCUT2D eigenvalue weighted by atomic mass is 79.9. The van der Waals surface area contributed by atoms with Crippen molar-refractivity contribution in [3.63, 3.8) is 0 Å². The summed E-state index contributed by atoms with van der Waals surface area (Å²) in [5, 5.41) is 0.554. The monoisotopic (exact) mass is 349 g/mol. The Morgan fingerprint density at radius 2 is 2.05 bits per heavy atom. The molecule has 0 heterocycles. The van der Waals surface area contributed by atoms with Crippen LogP contribution in [0.5, 0.6) is 5.75 Å². The molecular formula is C16H13BrClNO. The lowest BCUT2D eigenvalue weighted by Crippen LogP contribution is -1.82. The summed E-state index contributed by atoms with van der Waals surface area (Å²) in [6.07, 6.45) is 5.61. The van der Waals surface area contributed by atoms with E-state index in [0.29, 0.717) is 10.8 Å². The Kier molecular flexibility index (Phi) is 5.39. The highest BCUT2D eigenvalue weighted by molar-refractivity contribution is 9.10. The Hall–Kier alpha value is -1.58. The SMILES string of the molecule is COc1ccc(N=C/C=C/c2cccc(Br)c2)cc1Cl. The standard InChI is InChI=1S/C16H13BrClNO/c1-20-16-8-7-14(11-15(16)18)19-9-3-5-12-4-2-6-13(17)10-12/h2-11H,1H3/b5-3+,19-9?. The summed E-state index contributed by atoms with van der Waals surface area (Å²) >= 11 is 9.47. The molecule has 0 bridgehead atoms. The summed E-state index contributed by atoms with van der Waals surface area (Å²) in [6, 6.07) is 13.5. The molecule has 0 saturated carbocycles. The van der Waals surface area contributed by atoms with Crippen LogP contribution in [0.2, 0.25) is 5.02 Å². The van der Waals surface area contributed by atoms with Crippen molar-refractivity contribution in [2.45, 2.75) is 0 Å². The zero-order chi connectivity index (χ0) is 14.4. The number of hydrogen-bond acceptors (Lipinski definition) is 2. The van der Waals surface area contributed by atoms with Gasteiger partial charge >= 0.3 is 0 Å². The van der Waals surface area contributed by atoms with Gasteiger partial charge in [-0.15, -0.1) is 0 Å². The molecule has 0 aliphatic heterocycles. The minimum atomic E-state index is 0.554. The zero-order valence-corrected chi connectivity index (χ0v) is 13.2. The summed E-state index contributed by atoms with van der Waals surface area (Å²) in [5.41, 5.74) is 1.90. The average molecular weight is 351 g/mol. The van der Waals surface area contributed by atoms with Crippen LogP contribution in [-0.4, -0.2) is 13.3 Å². The molecule has 0 atom stereocenters. The summed E-state index contributed by atoms with van der Waals surface area (Å²) in [6.45, 7) is 0. The van der Waals surface area contributed by atoms with Crippen LogP contribution >= 0.6 is 27.5 Å². The number of nitrogens with zero attached hydrogens (tertiary/aromatic N) is 1. The Balaban J connectivity index is 2.05. The Bertz CT molecular complexity index is 653. The maximum absolute atomic E-state index is 6.03. The van der Waals surface area contributed by atoms with Crippen molar-refractivity contribution in [3.05, 3.63) is 63.6 Å². The van der Waals surface area contributed by atoms with Gasteiger partial charge < -0.3 is 4.74 Å². The van der Waals surface area contributed by atoms with E-state index in [0.717, 1.165) is 15.7 Å². The maximum Gasteiger partial charge on any atom is 0.137 e. The van der Waals surface area contributed by atoms with Crippen LogP contribution in [0, 0.1) is 0 Å². The van der Waals surface area contributed by atoms with Crippen LogP contribution in [-0.2, 0) is 0 Å². The normalized spacial score (nSPS) is 11.3. The predicted octanol–water partition coefficient (Wildman–Crippen LogP) is 5.53. The molecule has 0 radical (unpaired) electrons. The number of rotatable bonds is 4. The molecule has 20 heavy (non-hydrogen) atoms. The average Bonchev–Trinajstić information content (AvgIpc) is 2.44.